The molecule has 0 saturated carbocycles. The molecule has 36 heavy (non-hydrogen) atoms. The van der Waals surface area contributed by atoms with E-state index in [4.69, 9.17) is 24.3 Å². The molecule has 3 heterocycles. The van der Waals surface area contributed by atoms with Crippen LogP contribution in [-0.4, -0.2) is 58.3 Å². The molecule has 3 rings (SSSR count). The first-order valence-corrected chi connectivity index (χ1v) is 16.3. The van der Waals surface area contributed by atoms with E-state index in [0.29, 0.717) is 17.1 Å². The molecule has 2 N–H and O–H groups in total. The lowest BCUT2D eigenvalue weighted by Crippen LogP contribution is -2.36. The first kappa shape index (κ1) is 29.3. The van der Waals surface area contributed by atoms with Crippen LogP contribution in [0.2, 0.25) is 0 Å². The monoisotopic (exact) mass is 543 g/mol. The number of nitrogen functional groups attached to an aromatic ring is 1. The Balaban J connectivity index is 1.91. The van der Waals surface area contributed by atoms with Crippen molar-refractivity contribution in [3.63, 3.8) is 0 Å². The molecular weight excluding hydrogens is 501 g/mol. The van der Waals surface area contributed by atoms with E-state index in [1.807, 2.05) is 0 Å². The van der Waals surface area contributed by atoms with Crippen molar-refractivity contribution in [3.05, 3.63) is 12.5 Å². The Morgan fingerprint density at radius 3 is 2.56 bits per heavy atom. The van der Waals surface area contributed by atoms with E-state index in [2.05, 4.69) is 28.8 Å². The zero-order chi connectivity index (χ0) is 26.1. The van der Waals surface area contributed by atoms with Gasteiger partial charge in [-0.15, -0.1) is 0 Å². The lowest BCUT2D eigenvalue weighted by Gasteiger charge is -2.28. The van der Waals surface area contributed by atoms with Crippen LogP contribution in [0, 0.1) is 5.92 Å². The van der Waals surface area contributed by atoms with Gasteiger partial charge in [0.1, 0.15) is 17.7 Å². The molecule has 6 unspecified atom stereocenters. The average molecular weight is 544 g/mol. The largest absolute Gasteiger partial charge is 0.389 e. The molecule has 0 amide bonds. The summed E-state index contributed by atoms with van der Waals surface area (Å²) in [6.07, 6.45) is 13.2. The number of unbranched alkanes of at least 4 members (excludes halogenated alkanes) is 4. The third-order valence-electron chi connectivity index (χ3n) is 6.86. The minimum atomic E-state index is -3.39. The smallest absolute Gasteiger partial charge is 0.374 e. The highest BCUT2D eigenvalue weighted by molar-refractivity contribution is 8.54. The lowest BCUT2D eigenvalue weighted by molar-refractivity contribution is -0.0529. The third-order valence-corrected chi connectivity index (χ3v) is 10.3. The molecule has 204 valence electrons. The zero-order valence-corrected chi connectivity index (χ0v) is 23.9. The van der Waals surface area contributed by atoms with Crippen LogP contribution in [0.5, 0.6) is 0 Å². The van der Waals surface area contributed by atoms with Gasteiger partial charge in [0.05, 0.1) is 18.6 Å². The molecule has 1 saturated heterocycles. The molecule has 0 aliphatic carbocycles. The van der Waals surface area contributed by atoms with Crippen molar-refractivity contribution in [2.45, 2.75) is 96.2 Å². The van der Waals surface area contributed by atoms with Gasteiger partial charge in [0.25, 0.3) is 0 Å². The Kier molecular flexibility index (Phi) is 11.5. The Morgan fingerprint density at radius 2 is 1.89 bits per heavy atom. The van der Waals surface area contributed by atoms with Crippen molar-refractivity contribution in [2.75, 3.05) is 26.2 Å². The summed E-state index contributed by atoms with van der Waals surface area (Å²) in [4.78, 5) is 12.8. The van der Waals surface area contributed by atoms with Crippen LogP contribution in [0.1, 0.15) is 77.9 Å². The van der Waals surface area contributed by atoms with E-state index >= 15 is 0 Å². The Bertz CT molecular complexity index is 987. The maximum absolute atomic E-state index is 13.2. The maximum Gasteiger partial charge on any atom is 0.389 e. The second-order valence-corrected chi connectivity index (χ2v) is 13.6. The number of methoxy groups -OCH3 is 1. The van der Waals surface area contributed by atoms with Gasteiger partial charge < -0.3 is 19.7 Å². The van der Waals surface area contributed by atoms with E-state index in [1.165, 1.54) is 32.8 Å². The quantitative estimate of drug-likeness (QED) is 0.199. The zero-order valence-electron chi connectivity index (χ0n) is 22.2. The van der Waals surface area contributed by atoms with Crippen molar-refractivity contribution in [1.29, 1.82) is 0 Å². The summed E-state index contributed by atoms with van der Waals surface area (Å²) in [7, 11) is 3.01. The first-order chi connectivity index (χ1) is 17.4. The average Bonchev–Trinajstić information content (AvgIpc) is 3.44. The number of aromatic nitrogens is 4. The predicted molar refractivity (Wildman–Crippen MR) is 144 cm³/mol. The maximum atomic E-state index is 13.2. The fourth-order valence-corrected chi connectivity index (χ4v) is 6.78. The van der Waals surface area contributed by atoms with Gasteiger partial charge in [-0.05, 0) is 30.0 Å². The standard InChI is InChI=1S/C24H42N5O5PS/c1-6-8-10-11-13-17(12-9-7-2)14-19-20(34-35(30,32-4)36-5)21(31-3)23(33-19)29-16-27-18-15-26-24(25)28-22(18)29/h15-17,19-21,23H,6-14H2,1-5H3,(H2,25,26,28). The lowest BCUT2D eigenvalue weighted by atomic mass is 9.88. The number of imidazole rings is 1. The van der Waals surface area contributed by atoms with Crippen LogP contribution < -0.4 is 5.73 Å². The Morgan fingerprint density at radius 1 is 1.14 bits per heavy atom. The molecule has 12 heteroatoms. The van der Waals surface area contributed by atoms with Gasteiger partial charge in [-0.1, -0.05) is 65.2 Å². The normalized spacial score (nSPS) is 24.8. The number of ether oxygens (including phenoxy) is 2. The number of nitrogens with two attached hydrogens (primary N) is 1. The van der Waals surface area contributed by atoms with Crippen molar-refractivity contribution in [2.24, 2.45) is 5.92 Å². The number of rotatable bonds is 16. The molecule has 2 aromatic rings. The molecule has 10 nitrogen and oxygen atoms in total. The third kappa shape index (κ3) is 7.20. The van der Waals surface area contributed by atoms with E-state index in [1.54, 1.807) is 30.5 Å². The van der Waals surface area contributed by atoms with Gasteiger partial charge in [0.15, 0.2) is 11.9 Å². The van der Waals surface area contributed by atoms with Gasteiger partial charge in [-0.2, -0.15) is 4.98 Å². The van der Waals surface area contributed by atoms with Gasteiger partial charge in [0.2, 0.25) is 5.95 Å². The second kappa shape index (κ2) is 14.1. The SMILES string of the molecule is CCCCCCC(CCCC)CC1OC(n2cnc3cnc(N)nc32)C(OC)C1OP(=O)(OC)SC. The van der Waals surface area contributed by atoms with Crippen molar-refractivity contribution in [1.82, 2.24) is 19.5 Å². The summed E-state index contributed by atoms with van der Waals surface area (Å²) in [5.74, 6) is 0.626. The van der Waals surface area contributed by atoms with Crippen molar-refractivity contribution in [3.8, 4) is 0 Å². The number of anilines is 1. The first-order valence-electron chi connectivity index (χ1n) is 12.9. The number of fused-ring (bicyclic) bond motifs is 1. The minimum absolute atomic E-state index is 0.151. The van der Waals surface area contributed by atoms with E-state index in [9.17, 15) is 4.57 Å². The van der Waals surface area contributed by atoms with Crippen molar-refractivity contribution >= 4 is 35.3 Å². The number of hydrogen-bond donors (Lipinski definition) is 1. The second-order valence-electron chi connectivity index (χ2n) is 9.33. The van der Waals surface area contributed by atoms with Gasteiger partial charge >= 0.3 is 6.80 Å². The van der Waals surface area contributed by atoms with E-state index < -0.39 is 25.2 Å². The molecule has 6 atom stereocenters. The highest BCUT2D eigenvalue weighted by atomic mass is 32.7. The van der Waals surface area contributed by atoms with E-state index in [-0.39, 0.29) is 12.1 Å². The summed E-state index contributed by atoms with van der Waals surface area (Å²) in [6.45, 7) is 1.06. The molecule has 0 spiro atoms. The highest BCUT2D eigenvalue weighted by Crippen LogP contribution is 2.61. The molecule has 1 aliphatic rings. The predicted octanol–water partition coefficient (Wildman–Crippen LogP) is 5.99. The van der Waals surface area contributed by atoms with Gasteiger partial charge in [-0.3, -0.25) is 9.09 Å². The molecule has 1 aliphatic heterocycles. The number of nitrogens with zero attached hydrogens (tertiary/aromatic N) is 4. The van der Waals surface area contributed by atoms with Crippen LogP contribution in [-0.2, 0) is 23.1 Å². The van der Waals surface area contributed by atoms with Crippen LogP contribution in [0.3, 0.4) is 0 Å². The van der Waals surface area contributed by atoms with Crippen LogP contribution in [0.15, 0.2) is 12.5 Å². The summed E-state index contributed by atoms with van der Waals surface area (Å²) in [5.41, 5.74) is 7.01. The molecule has 2 aromatic heterocycles. The fourth-order valence-electron chi connectivity index (χ4n) is 4.90. The van der Waals surface area contributed by atoms with Crippen LogP contribution in [0.25, 0.3) is 11.2 Å². The highest BCUT2D eigenvalue weighted by Gasteiger charge is 2.50. The summed E-state index contributed by atoms with van der Waals surface area (Å²) < 4.78 is 39.0. The molecule has 0 radical (unpaired) electrons. The summed E-state index contributed by atoms with van der Waals surface area (Å²) in [6, 6.07) is 0. The van der Waals surface area contributed by atoms with E-state index in [0.717, 1.165) is 43.5 Å². The van der Waals surface area contributed by atoms with Gasteiger partial charge in [0, 0.05) is 14.2 Å². The number of hydrogen-bond acceptors (Lipinski definition) is 10. The Hall–Kier alpha value is -1.23. The molecule has 1 fully saturated rings. The summed E-state index contributed by atoms with van der Waals surface area (Å²) in [5, 5.41) is 0. The van der Waals surface area contributed by atoms with Crippen molar-refractivity contribution < 1.29 is 23.1 Å². The van der Waals surface area contributed by atoms with Gasteiger partial charge in [-0.25, -0.2) is 14.5 Å². The fraction of sp³-hybridized carbons (Fsp3) is 0.792. The molecular formula is C24H42N5O5PS. The molecule has 0 bridgehead atoms. The topological polar surface area (TPSA) is 124 Å². The Labute approximate surface area is 218 Å². The molecule has 0 aromatic carbocycles. The van der Waals surface area contributed by atoms with Crippen LogP contribution in [0.4, 0.5) is 5.95 Å². The van der Waals surface area contributed by atoms with Crippen LogP contribution >= 0.6 is 18.2 Å². The summed E-state index contributed by atoms with van der Waals surface area (Å²) >= 11 is 1.07. The minimum Gasteiger partial charge on any atom is -0.374 e.